The van der Waals surface area contributed by atoms with E-state index in [0.29, 0.717) is 25.6 Å². The topological polar surface area (TPSA) is 102 Å². The Morgan fingerprint density at radius 1 is 1.30 bits per heavy atom. The van der Waals surface area contributed by atoms with Gasteiger partial charge in [0, 0.05) is 26.2 Å². The predicted octanol–water partition coefficient (Wildman–Crippen LogP) is 2.21. The van der Waals surface area contributed by atoms with Crippen molar-refractivity contribution in [3.63, 3.8) is 0 Å². The largest absolute Gasteiger partial charge is 0.452 e. The van der Waals surface area contributed by atoms with Crippen LogP contribution in [0.4, 0.5) is 0 Å². The Kier molecular flexibility index (Phi) is 7.73. The van der Waals surface area contributed by atoms with E-state index in [-0.39, 0.29) is 40.6 Å². The van der Waals surface area contributed by atoms with E-state index in [2.05, 4.69) is 11.6 Å². The van der Waals surface area contributed by atoms with Gasteiger partial charge in [-0.15, -0.1) is 0 Å². The first-order chi connectivity index (χ1) is 14.3. The Bertz CT molecular complexity index is 885. The lowest BCUT2D eigenvalue weighted by Crippen LogP contribution is -2.41. The van der Waals surface area contributed by atoms with Crippen LogP contribution in [0, 0.1) is 5.92 Å². The molecule has 1 amide bonds. The van der Waals surface area contributed by atoms with Gasteiger partial charge in [-0.2, -0.15) is 0 Å². The van der Waals surface area contributed by atoms with E-state index in [9.17, 15) is 18.0 Å². The molecule has 3 rings (SSSR count). The first-order valence-corrected chi connectivity index (χ1v) is 12.0. The number of sulfonamides is 1. The molecule has 0 bridgehead atoms. The summed E-state index contributed by atoms with van der Waals surface area (Å²) in [7, 11) is -3.93. The van der Waals surface area contributed by atoms with Gasteiger partial charge in [-0.25, -0.2) is 17.9 Å². The zero-order valence-electron chi connectivity index (χ0n) is 16.9. The van der Waals surface area contributed by atoms with Crippen LogP contribution in [-0.4, -0.2) is 64.1 Å². The summed E-state index contributed by atoms with van der Waals surface area (Å²) in [5, 5.41) is -0.00947. The first-order valence-electron chi connectivity index (χ1n) is 10.1. The molecule has 2 heterocycles. The molecular formula is C20H27ClN2O6S. The molecule has 2 aliphatic rings. The molecule has 0 aromatic heterocycles. The zero-order valence-corrected chi connectivity index (χ0v) is 18.5. The number of halogens is 1. The maximum Gasteiger partial charge on any atom is 0.338 e. The van der Waals surface area contributed by atoms with Crippen molar-refractivity contribution in [2.45, 2.75) is 43.6 Å². The summed E-state index contributed by atoms with van der Waals surface area (Å²) >= 11 is 6.06. The smallest absolute Gasteiger partial charge is 0.338 e. The van der Waals surface area contributed by atoms with Crippen molar-refractivity contribution >= 4 is 33.5 Å². The highest BCUT2D eigenvalue weighted by Gasteiger charge is 2.25. The summed E-state index contributed by atoms with van der Waals surface area (Å²) in [6, 6.07) is 3.86. The highest BCUT2D eigenvalue weighted by atomic mass is 35.5. The van der Waals surface area contributed by atoms with E-state index < -0.39 is 16.0 Å². The average molecular weight is 459 g/mol. The van der Waals surface area contributed by atoms with E-state index >= 15 is 0 Å². The van der Waals surface area contributed by atoms with Crippen LogP contribution in [0.1, 0.15) is 43.0 Å². The number of esters is 1. The van der Waals surface area contributed by atoms with E-state index in [1.165, 1.54) is 12.1 Å². The summed E-state index contributed by atoms with van der Waals surface area (Å²) < 4.78 is 38.3. The summed E-state index contributed by atoms with van der Waals surface area (Å²) in [5.74, 6) is -0.611. The number of benzene rings is 1. The lowest BCUT2D eigenvalue weighted by molar-refractivity contribution is -0.136. The fourth-order valence-electron chi connectivity index (χ4n) is 3.64. The molecule has 1 N–H and O–H groups in total. The molecule has 2 fully saturated rings. The number of likely N-dealkylation sites (tertiary alicyclic amines) is 1. The summed E-state index contributed by atoms with van der Waals surface area (Å²) in [5.41, 5.74) is 0.0108. The standard InChI is InChI=1S/C20H27ClN2O6S/c1-14-4-2-8-23(12-14)19(24)13-29-20(25)15-6-7-17(21)18(10-15)30(26,27)22-11-16-5-3-9-28-16/h6-7,10,14,16,22H,2-5,8-9,11-13H2,1H3. The van der Waals surface area contributed by atoms with E-state index in [1.54, 1.807) is 4.90 Å². The molecule has 10 heteroatoms. The Morgan fingerprint density at radius 3 is 2.80 bits per heavy atom. The molecule has 30 heavy (non-hydrogen) atoms. The molecule has 2 saturated heterocycles. The lowest BCUT2D eigenvalue weighted by Gasteiger charge is -2.30. The summed E-state index contributed by atoms with van der Waals surface area (Å²) in [6.45, 7) is 3.75. The normalized spacial score (nSPS) is 22.1. The van der Waals surface area contributed by atoms with Crippen LogP contribution in [0.15, 0.2) is 23.1 Å². The Morgan fingerprint density at radius 2 is 2.10 bits per heavy atom. The SMILES string of the molecule is CC1CCCN(C(=O)COC(=O)c2ccc(Cl)c(S(=O)(=O)NCC3CCCO3)c2)C1. The molecule has 1 aromatic carbocycles. The van der Waals surface area contributed by atoms with Gasteiger partial charge in [0.2, 0.25) is 10.0 Å². The third-order valence-electron chi connectivity index (χ3n) is 5.32. The van der Waals surface area contributed by atoms with Gasteiger partial charge in [0.15, 0.2) is 6.61 Å². The second kappa shape index (κ2) is 10.1. The Balaban J connectivity index is 1.61. The monoisotopic (exact) mass is 458 g/mol. The van der Waals surface area contributed by atoms with Crippen LogP contribution in [0.2, 0.25) is 5.02 Å². The molecule has 2 aliphatic heterocycles. The van der Waals surface area contributed by atoms with Gasteiger partial charge in [-0.05, 0) is 49.8 Å². The minimum atomic E-state index is -3.93. The van der Waals surface area contributed by atoms with Crippen LogP contribution in [0.3, 0.4) is 0 Å². The zero-order chi connectivity index (χ0) is 21.7. The minimum absolute atomic E-state index is 0.00947. The predicted molar refractivity (Wildman–Crippen MR) is 111 cm³/mol. The van der Waals surface area contributed by atoms with Crippen LogP contribution in [0.5, 0.6) is 0 Å². The second-order valence-corrected chi connectivity index (χ2v) is 9.94. The van der Waals surface area contributed by atoms with Gasteiger partial charge in [0.05, 0.1) is 16.7 Å². The molecule has 8 nitrogen and oxygen atoms in total. The number of amides is 1. The van der Waals surface area contributed by atoms with Crippen LogP contribution in [-0.2, 0) is 24.3 Å². The molecule has 0 saturated carbocycles. The molecule has 2 unspecified atom stereocenters. The number of ether oxygens (including phenoxy) is 2. The fraction of sp³-hybridized carbons (Fsp3) is 0.600. The van der Waals surface area contributed by atoms with Gasteiger partial charge in [0.25, 0.3) is 5.91 Å². The van der Waals surface area contributed by atoms with Crippen molar-refractivity contribution in [3.05, 3.63) is 28.8 Å². The number of hydrogen-bond acceptors (Lipinski definition) is 6. The molecule has 2 atom stereocenters. The number of piperidine rings is 1. The van der Waals surface area contributed by atoms with Gasteiger partial charge >= 0.3 is 5.97 Å². The van der Waals surface area contributed by atoms with Crippen molar-refractivity contribution in [1.29, 1.82) is 0 Å². The minimum Gasteiger partial charge on any atom is -0.452 e. The number of rotatable bonds is 7. The quantitative estimate of drug-likeness (QED) is 0.628. The van der Waals surface area contributed by atoms with E-state index in [4.69, 9.17) is 21.1 Å². The molecule has 0 spiro atoms. The molecule has 1 aromatic rings. The van der Waals surface area contributed by atoms with E-state index in [0.717, 1.165) is 31.7 Å². The number of nitrogens with one attached hydrogen (secondary N) is 1. The van der Waals surface area contributed by atoms with Gasteiger partial charge < -0.3 is 14.4 Å². The van der Waals surface area contributed by atoms with Crippen molar-refractivity contribution < 1.29 is 27.5 Å². The van der Waals surface area contributed by atoms with Crippen LogP contribution >= 0.6 is 11.6 Å². The van der Waals surface area contributed by atoms with Gasteiger partial charge in [0.1, 0.15) is 4.90 Å². The molecule has 0 radical (unpaired) electrons. The third kappa shape index (κ3) is 5.94. The Hall–Kier alpha value is -1.68. The third-order valence-corrected chi connectivity index (χ3v) is 7.22. The Labute approximate surface area is 181 Å². The van der Waals surface area contributed by atoms with Gasteiger partial charge in [-0.3, -0.25) is 4.79 Å². The first kappa shape index (κ1) is 23.0. The van der Waals surface area contributed by atoms with Crippen LogP contribution in [0.25, 0.3) is 0 Å². The highest BCUT2D eigenvalue weighted by molar-refractivity contribution is 7.89. The van der Waals surface area contributed by atoms with Crippen molar-refractivity contribution in [3.8, 4) is 0 Å². The molecule has 166 valence electrons. The highest BCUT2D eigenvalue weighted by Crippen LogP contribution is 2.24. The van der Waals surface area contributed by atoms with E-state index in [1.807, 2.05) is 0 Å². The molecule has 0 aliphatic carbocycles. The fourth-order valence-corrected chi connectivity index (χ4v) is 5.23. The number of carbonyl (C=O) groups excluding carboxylic acids is 2. The number of carbonyl (C=O) groups is 2. The maximum absolute atomic E-state index is 12.6. The maximum atomic E-state index is 12.6. The van der Waals surface area contributed by atoms with Crippen molar-refractivity contribution in [2.75, 3.05) is 32.8 Å². The van der Waals surface area contributed by atoms with Gasteiger partial charge in [-0.1, -0.05) is 18.5 Å². The average Bonchev–Trinajstić information content (AvgIpc) is 3.24. The number of hydrogen-bond donors (Lipinski definition) is 1. The molecular weight excluding hydrogens is 432 g/mol. The summed E-state index contributed by atoms with van der Waals surface area (Å²) in [4.78, 5) is 26.1. The second-order valence-electron chi connectivity index (χ2n) is 7.80. The summed E-state index contributed by atoms with van der Waals surface area (Å²) in [6.07, 6.45) is 3.51. The van der Waals surface area contributed by atoms with Crippen LogP contribution < -0.4 is 4.72 Å². The lowest BCUT2D eigenvalue weighted by atomic mass is 10.0. The van der Waals surface area contributed by atoms with Crippen molar-refractivity contribution in [1.82, 2.24) is 9.62 Å². The number of nitrogens with zero attached hydrogens (tertiary/aromatic N) is 1. The van der Waals surface area contributed by atoms with Crippen molar-refractivity contribution in [2.24, 2.45) is 5.92 Å².